The number of halogens is 1. The molecule has 0 bridgehead atoms. The standard InChI is InChI=1S/C13H17BrN2O3/c1-2-3-9(7-15)12(17)16-11-6-8(13(18)19)4-5-10(11)14/h4-6,9H,2-3,7,15H2,1H3,(H,16,17)(H,18,19). The minimum atomic E-state index is -1.04. The van der Waals surface area contributed by atoms with Crippen LogP contribution in [0.5, 0.6) is 0 Å². The van der Waals surface area contributed by atoms with Crippen molar-refractivity contribution in [2.75, 3.05) is 11.9 Å². The lowest BCUT2D eigenvalue weighted by Crippen LogP contribution is -2.29. The molecule has 104 valence electrons. The summed E-state index contributed by atoms with van der Waals surface area (Å²) in [6.07, 6.45) is 1.57. The highest BCUT2D eigenvalue weighted by Crippen LogP contribution is 2.24. The van der Waals surface area contributed by atoms with E-state index in [0.29, 0.717) is 16.6 Å². The van der Waals surface area contributed by atoms with Crippen LogP contribution in [-0.4, -0.2) is 23.5 Å². The lowest BCUT2D eigenvalue weighted by atomic mass is 10.0. The van der Waals surface area contributed by atoms with Crippen LogP contribution in [0.2, 0.25) is 0 Å². The van der Waals surface area contributed by atoms with Crippen LogP contribution in [0.1, 0.15) is 30.1 Å². The molecular weight excluding hydrogens is 312 g/mol. The molecule has 0 aliphatic heterocycles. The van der Waals surface area contributed by atoms with Crippen LogP contribution in [0.3, 0.4) is 0 Å². The third-order valence-corrected chi connectivity index (χ3v) is 3.46. The number of anilines is 1. The summed E-state index contributed by atoms with van der Waals surface area (Å²) >= 11 is 3.28. The molecule has 4 N–H and O–H groups in total. The number of nitrogens with two attached hydrogens (primary N) is 1. The first kappa shape index (κ1) is 15.7. The Labute approximate surface area is 120 Å². The third kappa shape index (κ3) is 4.33. The van der Waals surface area contributed by atoms with Crippen LogP contribution in [-0.2, 0) is 4.79 Å². The SMILES string of the molecule is CCCC(CN)C(=O)Nc1cc(C(=O)O)ccc1Br. The molecule has 0 aromatic heterocycles. The van der Waals surface area contributed by atoms with E-state index in [1.807, 2.05) is 6.92 Å². The maximum absolute atomic E-state index is 12.0. The van der Waals surface area contributed by atoms with Crippen LogP contribution >= 0.6 is 15.9 Å². The fourth-order valence-corrected chi connectivity index (χ4v) is 2.04. The number of aromatic carboxylic acids is 1. The van der Waals surface area contributed by atoms with Gasteiger partial charge in [0.05, 0.1) is 17.2 Å². The van der Waals surface area contributed by atoms with E-state index in [1.165, 1.54) is 12.1 Å². The van der Waals surface area contributed by atoms with Gasteiger partial charge in [0, 0.05) is 11.0 Å². The first-order valence-corrected chi connectivity index (χ1v) is 6.82. The molecule has 0 aliphatic rings. The van der Waals surface area contributed by atoms with E-state index >= 15 is 0 Å². The second kappa shape index (κ2) is 7.25. The molecule has 1 rings (SSSR count). The van der Waals surface area contributed by atoms with Crippen molar-refractivity contribution in [3.05, 3.63) is 28.2 Å². The molecule has 1 aromatic rings. The molecule has 0 heterocycles. The Bertz CT molecular complexity index is 477. The maximum Gasteiger partial charge on any atom is 0.335 e. The van der Waals surface area contributed by atoms with Crippen LogP contribution < -0.4 is 11.1 Å². The smallest absolute Gasteiger partial charge is 0.335 e. The molecule has 1 amide bonds. The molecular formula is C13H17BrN2O3. The van der Waals surface area contributed by atoms with Crippen molar-refractivity contribution in [3.8, 4) is 0 Å². The molecule has 1 aromatic carbocycles. The number of hydrogen-bond donors (Lipinski definition) is 3. The number of amides is 1. The normalized spacial score (nSPS) is 11.9. The first-order valence-electron chi connectivity index (χ1n) is 6.03. The quantitative estimate of drug-likeness (QED) is 0.747. The van der Waals surface area contributed by atoms with Gasteiger partial charge in [0.2, 0.25) is 5.91 Å². The van der Waals surface area contributed by atoms with Gasteiger partial charge in [-0.2, -0.15) is 0 Å². The zero-order valence-corrected chi connectivity index (χ0v) is 12.2. The molecule has 0 saturated heterocycles. The molecule has 0 aliphatic carbocycles. The number of nitrogens with one attached hydrogen (secondary N) is 1. The summed E-state index contributed by atoms with van der Waals surface area (Å²) in [4.78, 5) is 22.9. The minimum absolute atomic E-state index is 0.123. The number of carboxylic acids is 1. The summed E-state index contributed by atoms with van der Waals surface area (Å²) in [5.41, 5.74) is 6.13. The zero-order chi connectivity index (χ0) is 14.4. The summed E-state index contributed by atoms with van der Waals surface area (Å²) < 4.78 is 0.637. The summed E-state index contributed by atoms with van der Waals surface area (Å²) in [5.74, 6) is -1.48. The summed E-state index contributed by atoms with van der Waals surface area (Å²) in [7, 11) is 0. The van der Waals surface area contributed by atoms with Crippen molar-refractivity contribution >= 4 is 33.5 Å². The Morgan fingerprint density at radius 2 is 2.16 bits per heavy atom. The lowest BCUT2D eigenvalue weighted by Gasteiger charge is -2.15. The number of carboxylic acid groups (broad SMARTS) is 1. The van der Waals surface area contributed by atoms with Gasteiger partial charge < -0.3 is 16.2 Å². The van der Waals surface area contributed by atoms with Crippen LogP contribution in [0.4, 0.5) is 5.69 Å². The van der Waals surface area contributed by atoms with Gasteiger partial charge in [0.1, 0.15) is 0 Å². The van der Waals surface area contributed by atoms with Gasteiger partial charge in [-0.05, 0) is 40.5 Å². The largest absolute Gasteiger partial charge is 0.478 e. The van der Waals surface area contributed by atoms with E-state index < -0.39 is 5.97 Å². The summed E-state index contributed by atoms with van der Waals surface area (Å²) in [6, 6.07) is 4.48. The second-order valence-electron chi connectivity index (χ2n) is 4.21. The molecule has 0 radical (unpaired) electrons. The van der Waals surface area contributed by atoms with Crippen LogP contribution in [0.15, 0.2) is 22.7 Å². The van der Waals surface area contributed by atoms with Gasteiger partial charge >= 0.3 is 5.97 Å². The van der Waals surface area contributed by atoms with Crippen LogP contribution in [0, 0.1) is 5.92 Å². The molecule has 1 atom stereocenters. The Balaban J connectivity index is 2.89. The van der Waals surface area contributed by atoms with Crippen molar-refractivity contribution in [1.82, 2.24) is 0 Å². The fraction of sp³-hybridized carbons (Fsp3) is 0.385. The van der Waals surface area contributed by atoms with Gasteiger partial charge in [0.25, 0.3) is 0 Å². The van der Waals surface area contributed by atoms with Crippen LogP contribution in [0.25, 0.3) is 0 Å². The molecule has 1 unspecified atom stereocenters. The number of benzene rings is 1. The number of hydrogen-bond acceptors (Lipinski definition) is 3. The van der Waals surface area contributed by atoms with Crippen molar-refractivity contribution in [1.29, 1.82) is 0 Å². The van der Waals surface area contributed by atoms with Gasteiger partial charge in [0.15, 0.2) is 0 Å². The van der Waals surface area contributed by atoms with Gasteiger partial charge in [-0.1, -0.05) is 13.3 Å². The van der Waals surface area contributed by atoms with Gasteiger partial charge in [-0.3, -0.25) is 4.79 Å². The van der Waals surface area contributed by atoms with E-state index in [1.54, 1.807) is 6.07 Å². The number of carbonyl (C=O) groups excluding carboxylic acids is 1. The molecule has 0 saturated carbocycles. The average Bonchev–Trinajstić information content (AvgIpc) is 2.38. The first-order chi connectivity index (χ1) is 8.99. The van der Waals surface area contributed by atoms with Gasteiger partial charge in [-0.25, -0.2) is 4.79 Å². The Morgan fingerprint density at radius 1 is 1.47 bits per heavy atom. The predicted octanol–water partition coefficient (Wildman–Crippen LogP) is 2.46. The van der Waals surface area contributed by atoms with Crippen molar-refractivity contribution in [2.24, 2.45) is 11.7 Å². The molecule has 5 nitrogen and oxygen atoms in total. The number of carbonyl (C=O) groups is 2. The number of rotatable bonds is 6. The molecule has 0 spiro atoms. The van der Waals surface area contributed by atoms with Crippen molar-refractivity contribution < 1.29 is 14.7 Å². The Hall–Kier alpha value is -1.40. The zero-order valence-electron chi connectivity index (χ0n) is 10.6. The predicted molar refractivity (Wildman–Crippen MR) is 77.2 cm³/mol. The highest BCUT2D eigenvalue weighted by Gasteiger charge is 2.17. The molecule has 19 heavy (non-hydrogen) atoms. The highest BCUT2D eigenvalue weighted by molar-refractivity contribution is 9.10. The minimum Gasteiger partial charge on any atom is -0.478 e. The third-order valence-electron chi connectivity index (χ3n) is 2.76. The van der Waals surface area contributed by atoms with Crippen molar-refractivity contribution in [2.45, 2.75) is 19.8 Å². The van der Waals surface area contributed by atoms with Crippen molar-refractivity contribution in [3.63, 3.8) is 0 Å². The molecule has 0 fully saturated rings. The lowest BCUT2D eigenvalue weighted by molar-refractivity contribution is -0.119. The fourth-order valence-electron chi connectivity index (χ4n) is 1.69. The van der Waals surface area contributed by atoms with E-state index in [0.717, 1.165) is 6.42 Å². The highest BCUT2D eigenvalue weighted by atomic mass is 79.9. The average molecular weight is 329 g/mol. The summed E-state index contributed by atoms with van der Waals surface area (Å²) in [6.45, 7) is 2.26. The topological polar surface area (TPSA) is 92.4 Å². The van der Waals surface area contributed by atoms with E-state index in [2.05, 4.69) is 21.2 Å². The van der Waals surface area contributed by atoms with E-state index in [9.17, 15) is 9.59 Å². The molecule has 6 heteroatoms. The Kier molecular flexibility index (Phi) is 5.98. The van der Waals surface area contributed by atoms with E-state index in [-0.39, 0.29) is 23.9 Å². The monoisotopic (exact) mass is 328 g/mol. The second-order valence-corrected chi connectivity index (χ2v) is 5.06. The summed E-state index contributed by atoms with van der Waals surface area (Å²) in [5, 5.41) is 11.6. The van der Waals surface area contributed by atoms with E-state index in [4.69, 9.17) is 10.8 Å². The Morgan fingerprint density at radius 3 is 2.68 bits per heavy atom. The maximum atomic E-state index is 12.0. The van der Waals surface area contributed by atoms with Gasteiger partial charge in [-0.15, -0.1) is 0 Å².